The van der Waals surface area contributed by atoms with Gasteiger partial charge in [-0.3, -0.25) is 4.90 Å². The van der Waals surface area contributed by atoms with Crippen molar-refractivity contribution in [3.8, 4) is 0 Å². The summed E-state index contributed by atoms with van der Waals surface area (Å²) in [6, 6.07) is 0. The third-order valence-corrected chi connectivity index (χ3v) is 3.28. The zero-order valence-corrected chi connectivity index (χ0v) is 11.9. The van der Waals surface area contributed by atoms with Crippen LogP contribution < -0.4 is 5.32 Å². The third-order valence-electron chi connectivity index (χ3n) is 3.28. The summed E-state index contributed by atoms with van der Waals surface area (Å²) in [6.07, 6.45) is 4.27. The van der Waals surface area contributed by atoms with Gasteiger partial charge in [-0.2, -0.15) is 0 Å². The van der Waals surface area contributed by atoms with Gasteiger partial charge < -0.3 is 10.1 Å². The van der Waals surface area contributed by atoms with Crippen molar-refractivity contribution in [2.75, 3.05) is 39.3 Å². The second-order valence-electron chi connectivity index (χ2n) is 5.53. The summed E-state index contributed by atoms with van der Waals surface area (Å²) in [5, 5.41) is 3.45. The summed E-state index contributed by atoms with van der Waals surface area (Å²) in [4.78, 5) is 2.56. The molecule has 0 aromatic heterocycles. The van der Waals surface area contributed by atoms with Crippen LogP contribution in [0.1, 0.15) is 40.0 Å². The van der Waals surface area contributed by atoms with E-state index in [9.17, 15) is 0 Å². The number of rotatable bonds is 8. The summed E-state index contributed by atoms with van der Waals surface area (Å²) in [7, 11) is 0. The fraction of sp³-hybridized carbons (Fsp3) is 1.00. The van der Waals surface area contributed by atoms with Gasteiger partial charge in [0.05, 0.1) is 12.7 Å². The van der Waals surface area contributed by atoms with Gasteiger partial charge in [0.15, 0.2) is 0 Å². The zero-order valence-electron chi connectivity index (χ0n) is 11.9. The number of morpholine rings is 1. The largest absolute Gasteiger partial charge is 0.374 e. The third kappa shape index (κ3) is 7.02. The Morgan fingerprint density at radius 2 is 2.24 bits per heavy atom. The van der Waals surface area contributed by atoms with Crippen LogP contribution in [-0.4, -0.2) is 50.3 Å². The highest BCUT2D eigenvalue weighted by Crippen LogP contribution is 2.09. The van der Waals surface area contributed by atoms with Crippen LogP contribution in [0.5, 0.6) is 0 Å². The van der Waals surface area contributed by atoms with E-state index in [1.165, 1.54) is 25.8 Å². The lowest BCUT2D eigenvalue weighted by Gasteiger charge is -2.33. The standard InChI is InChI=1S/C14H30N2O/c1-4-7-15-11-14-12-16(9-10-17-14)8-5-6-13(2)3/h13-15H,4-12H2,1-3H3/t14-/m1/s1. The molecule has 1 atom stereocenters. The fourth-order valence-corrected chi connectivity index (χ4v) is 2.27. The molecule has 102 valence electrons. The van der Waals surface area contributed by atoms with E-state index in [4.69, 9.17) is 4.74 Å². The van der Waals surface area contributed by atoms with Crippen LogP contribution in [0.25, 0.3) is 0 Å². The molecule has 1 aliphatic rings. The normalized spacial score (nSPS) is 22.2. The van der Waals surface area contributed by atoms with Gasteiger partial charge in [0.2, 0.25) is 0 Å². The summed E-state index contributed by atoms with van der Waals surface area (Å²) < 4.78 is 5.78. The summed E-state index contributed by atoms with van der Waals surface area (Å²) >= 11 is 0. The molecular weight excluding hydrogens is 212 g/mol. The van der Waals surface area contributed by atoms with Crippen LogP contribution in [-0.2, 0) is 4.74 Å². The number of nitrogens with one attached hydrogen (secondary N) is 1. The Morgan fingerprint density at radius 1 is 1.41 bits per heavy atom. The maximum absolute atomic E-state index is 5.78. The molecule has 3 nitrogen and oxygen atoms in total. The highest BCUT2D eigenvalue weighted by atomic mass is 16.5. The average Bonchev–Trinajstić information content (AvgIpc) is 2.29. The van der Waals surface area contributed by atoms with E-state index >= 15 is 0 Å². The van der Waals surface area contributed by atoms with Crippen molar-refractivity contribution >= 4 is 0 Å². The van der Waals surface area contributed by atoms with E-state index in [2.05, 4.69) is 31.0 Å². The lowest BCUT2D eigenvalue weighted by atomic mass is 10.1. The Kier molecular flexibility index (Phi) is 7.82. The van der Waals surface area contributed by atoms with Crippen LogP contribution in [0.15, 0.2) is 0 Å². The van der Waals surface area contributed by atoms with Crippen molar-refractivity contribution in [1.29, 1.82) is 0 Å². The Labute approximate surface area is 107 Å². The van der Waals surface area contributed by atoms with Crippen molar-refractivity contribution in [1.82, 2.24) is 10.2 Å². The summed E-state index contributed by atoms with van der Waals surface area (Å²) in [5.74, 6) is 0.832. The van der Waals surface area contributed by atoms with E-state index in [0.29, 0.717) is 6.10 Å². The Balaban J connectivity index is 2.10. The topological polar surface area (TPSA) is 24.5 Å². The quantitative estimate of drug-likeness (QED) is 0.660. The van der Waals surface area contributed by atoms with E-state index in [1.54, 1.807) is 0 Å². The first-order valence-corrected chi connectivity index (χ1v) is 7.27. The van der Waals surface area contributed by atoms with Gasteiger partial charge >= 0.3 is 0 Å². The van der Waals surface area contributed by atoms with Crippen LogP contribution in [0.3, 0.4) is 0 Å². The van der Waals surface area contributed by atoms with E-state index in [0.717, 1.165) is 38.7 Å². The molecule has 1 heterocycles. The molecular formula is C14H30N2O. The van der Waals surface area contributed by atoms with Gasteiger partial charge in [-0.1, -0.05) is 20.8 Å². The molecule has 0 saturated carbocycles. The lowest BCUT2D eigenvalue weighted by molar-refractivity contribution is -0.0274. The molecule has 0 unspecified atom stereocenters. The van der Waals surface area contributed by atoms with Crippen molar-refractivity contribution in [2.24, 2.45) is 5.92 Å². The van der Waals surface area contributed by atoms with E-state index in [1.807, 2.05) is 0 Å². The van der Waals surface area contributed by atoms with Crippen LogP contribution in [0, 0.1) is 5.92 Å². The maximum atomic E-state index is 5.78. The maximum Gasteiger partial charge on any atom is 0.0826 e. The van der Waals surface area contributed by atoms with Gasteiger partial charge in [-0.25, -0.2) is 0 Å². The Bertz CT molecular complexity index is 185. The molecule has 1 fully saturated rings. The Hall–Kier alpha value is -0.120. The number of ether oxygens (including phenoxy) is 1. The molecule has 0 aromatic carbocycles. The SMILES string of the molecule is CCCNC[C@@H]1CN(CCCC(C)C)CCO1. The smallest absolute Gasteiger partial charge is 0.0826 e. The molecule has 0 amide bonds. The molecule has 1 N–H and O–H groups in total. The van der Waals surface area contributed by atoms with Crippen LogP contribution in [0.2, 0.25) is 0 Å². The molecule has 0 bridgehead atoms. The van der Waals surface area contributed by atoms with E-state index < -0.39 is 0 Å². The van der Waals surface area contributed by atoms with Crippen molar-refractivity contribution in [3.63, 3.8) is 0 Å². The molecule has 0 aliphatic carbocycles. The van der Waals surface area contributed by atoms with Gasteiger partial charge in [0.1, 0.15) is 0 Å². The first-order chi connectivity index (χ1) is 8.22. The lowest BCUT2D eigenvalue weighted by Crippen LogP contribution is -2.47. The monoisotopic (exact) mass is 242 g/mol. The molecule has 1 saturated heterocycles. The van der Waals surface area contributed by atoms with Crippen LogP contribution in [0.4, 0.5) is 0 Å². The highest BCUT2D eigenvalue weighted by Gasteiger charge is 2.19. The van der Waals surface area contributed by atoms with Crippen LogP contribution >= 0.6 is 0 Å². The molecule has 17 heavy (non-hydrogen) atoms. The second-order valence-corrected chi connectivity index (χ2v) is 5.53. The minimum absolute atomic E-state index is 0.398. The first kappa shape index (κ1) is 14.9. The van der Waals surface area contributed by atoms with Crippen molar-refractivity contribution in [2.45, 2.75) is 46.1 Å². The second kappa shape index (κ2) is 8.90. The van der Waals surface area contributed by atoms with Crippen molar-refractivity contribution in [3.05, 3.63) is 0 Å². The van der Waals surface area contributed by atoms with Gasteiger partial charge in [0, 0.05) is 19.6 Å². The molecule has 3 heteroatoms. The summed E-state index contributed by atoms with van der Waals surface area (Å²) in [6.45, 7) is 13.3. The number of nitrogens with zero attached hydrogens (tertiary/aromatic N) is 1. The average molecular weight is 242 g/mol. The first-order valence-electron chi connectivity index (χ1n) is 7.27. The van der Waals surface area contributed by atoms with Gasteiger partial charge in [-0.15, -0.1) is 0 Å². The highest BCUT2D eigenvalue weighted by molar-refractivity contribution is 4.73. The minimum Gasteiger partial charge on any atom is -0.374 e. The number of hydrogen-bond donors (Lipinski definition) is 1. The molecule has 0 spiro atoms. The molecule has 1 rings (SSSR count). The van der Waals surface area contributed by atoms with E-state index in [-0.39, 0.29) is 0 Å². The zero-order chi connectivity index (χ0) is 12.5. The number of hydrogen-bond acceptors (Lipinski definition) is 3. The predicted molar refractivity (Wildman–Crippen MR) is 73.4 cm³/mol. The predicted octanol–water partition coefficient (Wildman–Crippen LogP) is 2.12. The van der Waals surface area contributed by atoms with Gasteiger partial charge in [-0.05, 0) is 38.3 Å². The summed E-state index contributed by atoms with van der Waals surface area (Å²) in [5.41, 5.74) is 0. The van der Waals surface area contributed by atoms with Crippen molar-refractivity contribution < 1.29 is 4.74 Å². The van der Waals surface area contributed by atoms with Gasteiger partial charge in [0.25, 0.3) is 0 Å². The molecule has 1 aliphatic heterocycles. The fourth-order valence-electron chi connectivity index (χ4n) is 2.27. The molecule has 0 aromatic rings. The molecule has 0 radical (unpaired) electrons. The minimum atomic E-state index is 0.398. The Morgan fingerprint density at radius 3 is 2.94 bits per heavy atom.